The van der Waals surface area contributed by atoms with Gasteiger partial charge in [-0.05, 0) is 47.0 Å². The van der Waals surface area contributed by atoms with E-state index in [0.29, 0.717) is 17.3 Å². The molecule has 9 nitrogen and oxygen atoms in total. The maximum absolute atomic E-state index is 13.2. The fourth-order valence-corrected chi connectivity index (χ4v) is 5.05. The zero-order chi connectivity index (χ0) is 27.4. The molecule has 0 radical (unpaired) electrons. The predicted molar refractivity (Wildman–Crippen MR) is 146 cm³/mol. The molecule has 202 valence electrons. The monoisotopic (exact) mass is 529 g/mol. The number of hydrogen-bond donors (Lipinski definition) is 3. The highest BCUT2D eigenvalue weighted by Gasteiger charge is 2.38. The number of hydrogen-bond acceptors (Lipinski definition) is 8. The molecule has 3 atom stereocenters. The highest BCUT2D eigenvalue weighted by molar-refractivity contribution is 5.59. The third-order valence-electron chi connectivity index (χ3n) is 7.04. The Bertz CT molecular complexity index is 1390. The number of nitrogens with one attached hydrogen (secondary N) is 1. The van der Waals surface area contributed by atoms with E-state index < -0.39 is 29.7 Å². The molecule has 3 N–H and O–H groups in total. The molecule has 1 saturated heterocycles. The Morgan fingerprint density at radius 2 is 1.49 bits per heavy atom. The lowest BCUT2D eigenvalue weighted by atomic mass is 9.77. The van der Waals surface area contributed by atoms with Crippen LogP contribution in [0.1, 0.15) is 29.3 Å². The van der Waals surface area contributed by atoms with E-state index in [2.05, 4.69) is 10.3 Å². The van der Waals surface area contributed by atoms with Crippen molar-refractivity contribution in [3.8, 4) is 11.5 Å². The van der Waals surface area contributed by atoms with Crippen LogP contribution in [0.25, 0.3) is 0 Å². The molecule has 3 aromatic carbocycles. The van der Waals surface area contributed by atoms with E-state index in [4.69, 9.17) is 14.2 Å². The first-order valence-electron chi connectivity index (χ1n) is 12.6. The molecule has 0 aliphatic carbocycles. The second-order valence-corrected chi connectivity index (χ2v) is 9.33. The third kappa shape index (κ3) is 5.12. The molecular weight excluding hydrogens is 498 g/mol. The van der Waals surface area contributed by atoms with Crippen LogP contribution < -0.4 is 20.5 Å². The van der Waals surface area contributed by atoms with E-state index in [1.54, 1.807) is 26.5 Å². The smallest absolute Gasteiger partial charge is 0.351 e. The summed E-state index contributed by atoms with van der Waals surface area (Å²) in [6.45, 7) is -0.237. The van der Waals surface area contributed by atoms with Crippen molar-refractivity contribution in [3.05, 3.63) is 118 Å². The van der Waals surface area contributed by atoms with Gasteiger partial charge in [0.2, 0.25) is 0 Å². The van der Waals surface area contributed by atoms with Crippen LogP contribution in [0, 0.1) is 0 Å². The Morgan fingerprint density at radius 1 is 0.923 bits per heavy atom. The maximum atomic E-state index is 13.2. The molecule has 0 saturated carbocycles. The average Bonchev–Trinajstić information content (AvgIpc) is 3.37. The number of anilines is 1. The van der Waals surface area contributed by atoms with E-state index in [1.165, 1.54) is 4.57 Å². The van der Waals surface area contributed by atoms with Gasteiger partial charge >= 0.3 is 5.69 Å². The molecule has 0 amide bonds. The first-order chi connectivity index (χ1) is 19.0. The van der Waals surface area contributed by atoms with Crippen LogP contribution in [0.5, 0.6) is 11.5 Å². The molecule has 1 aromatic heterocycles. The van der Waals surface area contributed by atoms with Crippen molar-refractivity contribution in [2.75, 3.05) is 26.1 Å². The zero-order valence-electron chi connectivity index (χ0n) is 21.7. The Balaban J connectivity index is 1.64. The molecule has 1 aliphatic heterocycles. The van der Waals surface area contributed by atoms with Crippen LogP contribution in [-0.4, -0.2) is 52.8 Å². The van der Waals surface area contributed by atoms with Gasteiger partial charge in [0.05, 0.1) is 26.9 Å². The van der Waals surface area contributed by atoms with Crippen LogP contribution in [0.15, 0.2) is 95.9 Å². The second-order valence-electron chi connectivity index (χ2n) is 9.33. The molecular formula is C30H31N3O6. The van der Waals surface area contributed by atoms with Crippen LogP contribution in [0.3, 0.4) is 0 Å². The highest BCUT2D eigenvalue weighted by atomic mass is 16.5. The number of methoxy groups -OCH3 is 2. The average molecular weight is 530 g/mol. The summed E-state index contributed by atoms with van der Waals surface area (Å²) in [6, 6.07) is 27.0. The summed E-state index contributed by atoms with van der Waals surface area (Å²) in [6.07, 6.45) is -0.603. The Hall–Kier alpha value is -4.18. The lowest BCUT2D eigenvalue weighted by Crippen LogP contribution is -2.40. The molecule has 2 heterocycles. The minimum atomic E-state index is -0.948. The Kier molecular flexibility index (Phi) is 7.65. The molecule has 1 fully saturated rings. The van der Waals surface area contributed by atoms with Gasteiger partial charge in [-0.3, -0.25) is 4.57 Å². The molecule has 0 unspecified atom stereocenters. The minimum Gasteiger partial charge on any atom is -0.497 e. The van der Waals surface area contributed by atoms with Crippen LogP contribution in [-0.2, 0) is 10.3 Å². The Morgan fingerprint density at radius 3 is 1.97 bits per heavy atom. The van der Waals surface area contributed by atoms with Gasteiger partial charge in [-0.15, -0.1) is 0 Å². The summed E-state index contributed by atoms with van der Waals surface area (Å²) < 4.78 is 17.7. The summed E-state index contributed by atoms with van der Waals surface area (Å²) in [5.41, 5.74) is 1.18. The van der Waals surface area contributed by atoms with Gasteiger partial charge in [0.25, 0.3) is 0 Å². The number of ether oxygens (including phenoxy) is 3. The van der Waals surface area contributed by atoms with Crippen LogP contribution in [0.2, 0.25) is 0 Å². The van der Waals surface area contributed by atoms with Gasteiger partial charge in [-0.2, -0.15) is 4.98 Å². The maximum Gasteiger partial charge on any atom is 0.351 e. The topological polar surface area (TPSA) is 115 Å². The molecule has 5 rings (SSSR count). The third-order valence-corrected chi connectivity index (χ3v) is 7.04. The predicted octanol–water partition coefficient (Wildman–Crippen LogP) is 3.31. The molecule has 0 bridgehead atoms. The summed E-state index contributed by atoms with van der Waals surface area (Å²) in [4.78, 5) is 17.5. The fraction of sp³-hybridized carbons (Fsp3) is 0.267. The normalized spacial score (nSPS) is 19.0. The van der Waals surface area contributed by atoms with Gasteiger partial charge in [-0.1, -0.05) is 54.6 Å². The van der Waals surface area contributed by atoms with Gasteiger partial charge in [-0.25, -0.2) is 4.79 Å². The van der Waals surface area contributed by atoms with E-state index >= 15 is 0 Å². The van der Waals surface area contributed by atoms with Crippen molar-refractivity contribution < 1.29 is 24.4 Å². The lowest BCUT2D eigenvalue weighted by Gasteiger charge is -2.37. The van der Waals surface area contributed by atoms with Crippen molar-refractivity contribution in [1.82, 2.24) is 9.55 Å². The molecule has 39 heavy (non-hydrogen) atoms. The lowest BCUT2D eigenvalue weighted by molar-refractivity contribution is -0.0529. The van der Waals surface area contributed by atoms with Crippen molar-refractivity contribution in [2.24, 2.45) is 0 Å². The quantitative estimate of drug-likeness (QED) is 0.283. The van der Waals surface area contributed by atoms with Crippen molar-refractivity contribution in [2.45, 2.75) is 30.4 Å². The van der Waals surface area contributed by atoms with Crippen LogP contribution in [0.4, 0.5) is 5.82 Å². The highest BCUT2D eigenvalue weighted by Crippen LogP contribution is 2.41. The summed E-state index contributed by atoms with van der Waals surface area (Å²) >= 11 is 0. The van der Waals surface area contributed by atoms with Gasteiger partial charge in [0, 0.05) is 12.6 Å². The molecule has 1 aliphatic rings. The van der Waals surface area contributed by atoms with E-state index in [0.717, 1.165) is 16.7 Å². The number of aliphatic hydroxyl groups is 2. The first kappa shape index (κ1) is 26.4. The number of nitrogens with zero attached hydrogens (tertiary/aromatic N) is 2. The largest absolute Gasteiger partial charge is 0.497 e. The number of rotatable bonds is 9. The zero-order valence-corrected chi connectivity index (χ0v) is 21.7. The van der Waals surface area contributed by atoms with E-state index in [1.807, 2.05) is 78.9 Å². The van der Waals surface area contributed by atoms with Crippen molar-refractivity contribution in [3.63, 3.8) is 0 Å². The SMILES string of the molecule is COc1ccc(C(Nc2ccn([C@@H]3O[C@H](CO)C[C@H]3O)c(=O)n2)(c2ccccc2)c2ccc(OC)cc2)cc1. The Labute approximate surface area is 226 Å². The minimum absolute atomic E-state index is 0.236. The van der Waals surface area contributed by atoms with E-state index in [9.17, 15) is 15.0 Å². The first-order valence-corrected chi connectivity index (χ1v) is 12.6. The summed E-state index contributed by atoms with van der Waals surface area (Å²) in [7, 11) is 3.24. The summed E-state index contributed by atoms with van der Waals surface area (Å²) in [5, 5.41) is 23.4. The van der Waals surface area contributed by atoms with Gasteiger partial charge in [0.15, 0.2) is 6.23 Å². The fourth-order valence-electron chi connectivity index (χ4n) is 5.05. The number of benzene rings is 3. The van der Waals surface area contributed by atoms with Gasteiger partial charge in [0.1, 0.15) is 29.0 Å². The molecule has 4 aromatic rings. The van der Waals surface area contributed by atoms with Crippen molar-refractivity contribution in [1.29, 1.82) is 0 Å². The molecule has 9 heteroatoms. The standard InChI is InChI=1S/C30H31N3O6/c1-37-23-12-8-21(9-13-23)30(20-6-4-3-5-7-20,22-10-14-24(38-2)15-11-22)32-27-16-17-33(29(36)31-27)28-26(35)18-25(19-34)39-28/h3-17,25-26,28,34-35H,18-19H2,1-2H3,(H,31,32,36)/t25-,26+,28+/m0/s1. The van der Waals surface area contributed by atoms with Crippen molar-refractivity contribution >= 4 is 5.82 Å². The van der Waals surface area contributed by atoms with Crippen LogP contribution >= 0.6 is 0 Å². The molecule has 0 spiro atoms. The van der Waals surface area contributed by atoms with Gasteiger partial charge < -0.3 is 29.7 Å². The van der Waals surface area contributed by atoms with E-state index in [-0.39, 0.29) is 13.0 Å². The summed E-state index contributed by atoms with van der Waals surface area (Å²) in [5.74, 6) is 1.76. The second kappa shape index (κ2) is 11.3. The number of aliphatic hydroxyl groups excluding tert-OH is 2. The number of aromatic nitrogens is 2.